The first-order chi connectivity index (χ1) is 15.4. The van der Waals surface area contributed by atoms with Crippen LogP contribution in [-0.4, -0.2) is 66.6 Å². The molecule has 2 aromatic rings. The SMILES string of the molecule is CCC(C(=O)NCCOc1ccc(S(=O)(=O)N(C)C)cc1)N(c1ccc(F)cc1)S(C)(=O)=O. The average Bonchev–Trinajstić information content (AvgIpc) is 2.75. The van der Waals surface area contributed by atoms with Crippen LogP contribution in [0, 0.1) is 5.82 Å². The van der Waals surface area contributed by atoms with Crippen molar-refractivity contribution >= 4 is 31.6 Å². The van der Waals surface area contributed by atoms with Crippen LogP contribution in [0.25, 0.3) is 0 Å². The molecule has 0 aliphatic carbocycles. The molecule has 0 fully saturated rings. The summed E-state index contributed by atoms with van der Waals surface area (Å²) in [5, 5.41) is 2.64. The summed E-state index contributed by atoms with van der Waals surface area (Å²) < 4.78 is 69.7. The second-order valence-corrected chi connectivity index (χ2v) is 11.4. The van der Waals surface area contributed by atoms with Crippen LogP contribution >= 0.6 is 0 Å². The van der Waals surface area contributed by atoms with Crippen molar-refractivity contribution in [2.45, 2.75) is 24.3 Å². The normalized spacial score (nSPS) is 12.9. The van der Waals surface area contributed by atoms with Gasteiger partial charge in [0.2, 0.25) is 26.0 Å². The van der Waals surface area contributed by atoms with Crippen molar-refractivity contribution < 1.29 is 30.8 Å². The van der Waals surface area contributed by atoms with E-state index in [4.69, 9.17) is 4.74 Å². The van der Waals surface area contributed by atoms with Gasteiger partial charge in [-0.2, -0.15) is 0 Å². The van der Waals surface area contributed by atoms with Crippen molar-refractivity contribution in [1.29, 1.82) is 0 Å². The van der Waals surface area contributed by atoms with Crippen molar-refractivity contribution in [3.05, 3.63) is 54.3 Å². The van der Waals surface area contributed by atoms with Crippen LogP contribution in [-0.2, 0) is 24.8 Å². The summed E-state index contributed by atoms with van der Waals surface area (Å²) in [6.07, 6.45) is 1.18. The highest BCUT2D eigenvalue weighted by atomic mass is 32.2. The molecule has 9 nitrogen and oxygen atoms in total. The fraction of sp³-hybridized carbons (Fsp3) is 0.381. The van der Waals surface area contributed by atoms with Gasteiger partial charge in [0.05, 0.1) is 23.4 Å². The van der Waals surface area contributed by atoms with Crippen LogP contribution in [0.15, 0.2) is 53.4 Å². The quantitative estimate of drug-likeness (QED) is 0.470. The van der Waals surface area contributed by atoms with Crippen molar-refractivity contribution in [3.8, 4) is 5.75 Å². The Labute approximate surface area is 194 Å². The summed E-state index contributed by atoms with van der Waals surface area (Å²) in [6, 6.07) is 9.68. The maximum atomic E-state index is 13.3. The number of nitrogens with one attached hydrogen (secondary N) is 1. The molecule has 1 atom stereocenters. The van der Waals surface area contributed by atoms with E-state index in [0.717, 1.165) is 27.0 Å². The Morgan fingerprint density at radius 3 is 2.09 bits per heavy atom. The van der Waals surface area contributed by atoms with E-state index in [1.54, 1.807) is 6.92 Å². The fourth-order valence-electron chi connectivity index (χ4n) is 3.03. The van der Waals surface area contributed by atoms with E-state index in [1.807, 2.05) is 0 Å². The second kappa shape index (κ2) is 10.9. The van der Waals surface area contributed by atoms with E-state index < -0.39 is 37.8 Å². The van der Waals surface area contributed by atoms with E-state index in [2.05, 4.69) is 5.32 Å². The van der Waals surface area contributed by atoms with Crippen LogP contribution in [0.1, 0.15) is 13.3 Å². The van der Waals surface area contributed by atoms with Gasteiger partial charge in [0.15, 0.2) is 0 Å². The van der Waals surface area contributed by atoms with Gasteiger partial charge in [-0.25, -0.2) is 25.5 Å². The second-order valence-electron chi connectivity index (χ2n) is 7.36. The molecular weight excluding hydrogens is 473 g/mol. The Kier molecular flexibility index (Phi) is 8.81. The first kappa shape index (κ1) is 26.6. The summed E-state index contributed by atoms with van der Waals surface area (Å²) in [6.45, 7) is 1.84. The Hall–Kier alpha value is -2.70. The maximum Gasteiger partial charge on any atom is 0.244 e. The van der Waals surface area contributed by atoms with Gasteiger partial charge in [0.1, 0.15) is 24.2 Å². The van der Waals surface area contributed by atoms with Crippen LogP contribution in [0.3, 0.4) is 0 Å². The number of sulfonamides is 2. The monoisotopic (exact) mass is 501 g/mol. The molecule has 1 N–H and O–H groups in total. The van der Waals surface area contributed by atoms with Gasteiger partial charge in [-0.3, -0.25) is 9.10 Å². The Morgan fingerprint density at radius 1 is 1.03 bits per heavy atom. The number of amides is 1. The zero-order valence-electron chi connectivity index (χ0n) is 18.9. The molecule has 0 spiro atoms. The minimum atomic E-state index is -3.82. The molecule has 0 bridgehead atoms. The van der Waals surface area contributed by atoms with E-state index in [0.29, 0.717) is 5.75 Å². The van der Waals surface area contributed by atoms with Crippen LogP contribution in [0.2, 0.25) is 0 Å². The molecule has 0 saturated heterocycles. The van der Waals surface area contributed by atoms with Gasteiger partial charge in [0.25, 0.3) is 0 Å². The molecule has 0 radical (unpaired) electrons. The molecule has 0 aliphatic heterocycles. The number of anilines is 1. The van der Waals surface area contributed by atoms with Crippen molar-refractivity contribution in [2.75, 3.05) is 37.8 Å². The molecule has 2 rings (SSSR count). The third-order valence-corrected chi connectivity index (χ3v) is 7.69. The first-order valence-electron chi connectivity index (χ1n) is 10.1. The number of carbonyl (C=O) groups excluding carboxylic acids is 1. The molecule has 0 heterocycles. The van der Waals surface area contributed by atoms with E-state index >= 15 is 0 Å². The molecule has 1 amide bonds. The lowest BCUT2D eigenvalue weighted by Gasteiger charge is -2.30. The largest absolute Gasteiger partial charge is 0.492 e. The van der Waals surface area contributed by atoms with Crippen LogP contribution < -0.4 is 14.4 Å². The third kappa shape index (κ3) is 6.89. The number of hydrogen-bond acceptors (Lipinski definition) is 6. The summed E-state index contributed by atoms with van der Waals surface area (Å²) in [5.41, 5.74) is 0.185. The Balaban J connectivity index is 2.00. The van der Waals surface area contributed by atoms with Crippen molar-refractivity contribution in [2.24, 2.45) is 0 Å². The Morgan fingerprint density at radius 2 is 1.61 bits per heavy atom. The molecule has 1 unspecified atom stereocenters. The molecule has 33 heavy (non-hydrogen) atoms. The summed E-state index contributed by atoms with van der Waals surface area (Å²) in [7, 11) is -4.48. The fourth-order valence-corrected chi connectivity index (χ4v) is 5.14. The lowest BCUT2D eigenvalue weighted by molar-refractivity contribution is -0.122. The van der Waals surface area contributed by atoms with E-state index in [-0.39, 0.29) is 30.2 Å². The maximum absolute atomic E-state index is 13.3. The van der Waals surface area contributed by atoms with Gasteiger partial charge in [-0.05, 0) is 55.0 Å². The number of hydrogen-bond donors (Lipinski definition) is 1. The van der Waals surface area contributed by atoms with Crippen LogP contribution in [0.5, 0.6) is 5.75 Å². The molecule has 182 valence electrons. The number of benzene rings is 2. The highest BCUT2D eigenvalue weighted by Crippen LogP contribution is 2.23. The highest BCUT2D eigenvalue weighted by molar-refractivity contribution is 7.92. The zero-order valence-corrected chi connectivity index (χ0v) is 20.5. The van der Waals surface area contributed by atoms with Crippen LogP contribution in [0.4, 0.5) is 10.1 Å². The molecular formula is C21H28FN3O6S2. The highest BCUT2D eigenvalue weighted by Gasteiger charge is 2.31. The molecule has 0 saturated carbocycles. The number of ether oxygens (including phenoxy) is 1. The third-order valence-electron chi connectivity index (χ3n) is 4.68. The Bertz CT molecular complexity index is 1150. The number of halogens is 1. The lowest BCUT2D eigenvalue weighted by Crippen LogP contribution is -2.50. The zero-order chi connectivity index (χ0) is 24.8. The van der Waals surface area contributed by atoms with Crippen molar-refractivity contribution in [1.82, 2.24) is 9.62 Å². The van der Waals surface area contributed by atoms with Gasteiger partial charge < -0.3 is 10.1 Å². The number of nitrogens with zero attached hydrogens (tertiary/aromatic N) is 2. The summed E-state index contributed by atoms with van der Waals surface area (Å²) >= 11 is 0. The van der Waals surface area contributed by atoms with E-state index in [9.17, 15) is 26.0 Å². The summed E-state index contributed by atoms with van der Waals surface area (Å²) in [5.74, 6) is -0.629. The van der Waals surface area contributed by atoms with Gasteiger partial charge >= 0.3 is 0 Å². The smallest absolute Gasteiger partial charge is 0.244 e. The minimum Gasteiger partial charge on any atom is -0.492 e. The van der Waals surface area contributed by atoms with Crippen molar-refractivity contribution in [3.63, 3.8) is 0 Å². The number of rotatable bonds is 11. The predicted octanol–water partition coefficient (Wildman–Crippen LogP) is 1.82. The molecule has 0 aliphatic rings. The molecule has 2 aromatic carbocycles. The minimum absolute atomic E-state index is 0.0807. The molecule has 0 aromatic heterocycles. The van der Waals surface area contributed by atoms with Gasteiger partial charge in [-0.1, -0.05) is 6.92 Å². The molecule has 12 heteroatoms. The topological polar surface area (TPSA) is 113 Å². The van der Waals surface area contributed by atoms with E-state index in [1.165, 1.54) is 50.5 Å². The number of carbonyl (C=O) groups is 1. The first-order valence-corrected chi connectivity index (χ1v) is 13.3. The van der Waals surface area contributed by atoms with Gasteiger partial charge in [-0.15, -0.1) is 0 Å². The predicted molar refractivity (Wildman–Crippen MR) is 124 cm³/mol. The average molecular weight is 502 g/mol. The lowest BCUT2D eigenvalue weighted by atomic mass is 10.2. The van der Waals surface area contributed by atoms with Gasteiger partial charge in [0, 0.05) is 14.1 Å². The standard InChI is InChI=1S/C21H28FN3O6S2/c1-5-20(25(32(4,27)28)17-8-6-16(22)7-9-17)21(26)23-14-15-31-18-10-12-19(13-11-18)33(29,30)24(2)3/h6-13,20H,5,14-15H2,1-4H3,(H,23,26). The summed E-state index contributed by atoms with van der Waals surface area (Å²) in [4.78, 5) is 12.8.